The van der Waals surface area contributed by atoms with Crippen molar-refractivity contribution < 1.29 is 13.2 Å². The average Bonchev–Trinajstić information content (AvgIpc) is 2.71. The zero-order chi connectivity index (χ0) is 15.3. The SMILES string of the molecule is COCCN1CCCN(S(=O)(=O)c2ccc(Br)cc2)CC1. The van der Waals surface area contributed by atoms with E-state index in [1.807, 2.05) is 0 Å². The first kappa shape index (κ1) is 16.9. The average molecular weight is 377 g/mol. The third kappa shape index (κ3) is 4.50. The van der Waals surface area contributed by atoms with E-state index < -0.39 is 10.0 Å². The van der Waals surface area contributed by atoms with Crippen molar-refractivity contribution in [3.8, 4) is 0 Å². The highest BCUT2D eigenvalue weighted by atomic mass is 79.9. The van der Waals surface area contributed by atoms with E-state index in [9.17, 15) is 8.42 Å². The highest BCUT2D eigenvalue weighted by Crippen LogP contribution is 2.20. The first-order valence-corrected chi connectivity index (χ1v) is 9.24. The Hall–Kier alpha value is -0.470. The van der Waals surface area contributed by atoms with Crippen LogP contribution in [0.1, 0.15) is 6.42 Å². The summed E-state index contributed by atoms with van der Waals surface area (Å²) in [6.07, 6.45) is 0.847. The minimum atomic E-state index is -3.39. The molecule has 0 aliphatic carbocycles. The molecule has 1 aromatic rings. The maximum Gasteiger partial charge on any atom is 0.243 e. The second kappa shape index (κ2) is 7.69. The van der Waals surface area contributed by atoms with Crippen molar-refractivity contribution in [1.29, 1.82) is 0 Å². The normalized spacial score (nSPS) is 18.6. The van der Waals surface area contributed by atoms with Crippen LogP contribution in [0.3, 0.4) is 0 Å². The summed E-state index contributed by atoms with van der Waals surface area (Å²) >= 11 is 3.33. The zero-order valence-electron chi connectivity index (χ0n) is 12.2. The minimum Gasteiger partial charge on any atom is -0.383 e. The van der Waals surface area contributed by atoms with Gasteiger partial charge in [0.2, 0.25) is 10.0 Å². The number of hydrogen-bond acceptors (Lipinski definition) is 4. The van der Waals surface area contributed by atoms with Crippen LogP contribution in [0, 0.1) is 0 Å². The fourth-order valence-electron chi connectivity index (χ4n) is 2.39. The molecule has 1 fully saturated rings. The summed E-state index contributed by atoms with van der Waals surface area (Å²) in [5.41, 5.74) is 0. The number of hydrogen-bond donors (Lipinski definition) is 0. The summed E-state index contributed by atoms with van der Waals surface area (Å²) in [6, 6.07) is 6.81. The molecule has 0 N–H and O–H groups in total. The monoisotopic (exact) mass is 376 g/mol. The van der Waals surface area contributed by atoms with Crippen LogP contribution in [0.15, 0.2) is 33.6 Å². The van der Waals surface area contributed by atoms with Crippen molar-refractivity contribution >= 4 is 26.0 Å². The van der Waals surface area contributed by atoms with Gasteiger partial charge in [-0.05, 0) is 37.2 Å². The summed E-state index contributed by atoms with van der Waals surface area (Å²) < 4.78 is 32.8. The van der Waals surface area contributed by atoms with Crippen LogP contribution in [0.2, 0.25) is 0 Å². The van der Waals surface area contributed by atoms with Crippen molar-refractivity contribution in [2.75, 3.05) is 46.4 Å². The second-order valence-corrected chi connectivity index (χ2v) is 7.90. The van der Waals surface area contributed by atoms with E-state index in [2.05, 4.69) is 20.8 Å². The molecule has 0 amide bonds. The van der Waals surface area contributed by atoms with Gasteiger partial charge in [0, 0.05) is 37.8 Å². The van der Waals surface area contributed by atoms with E-state index in [4.69, 9.17) is 4.74 Å². The molecule has 0 atom stereocenters. The number of methoxy groups -OCH3 is 1. The maximum absolute atomic E-state index is 12.6. The van der Waals surface area contributed by atoms with Crippen molar-refractivity contribution in [3.05, 3.63) is 28.7 Å². The predicted octanol–water partition coefficient (Wildman–Crippen LogP) is 1.79. The third-order valence-corrected chi connectivity index (χ3v) is 6.05. The Bertz CT molecular complexity index is 548. The zero-order valence-corrected chi connectivity index (χ0v) is 14.6. The molecule has 2 rings (SSSR count). The van der Waals surface area contributed by atoms with Crippen molar-refractivity contribution in [1.82, 2.24) is 9.21 Å². The molecule has 1 aliphatic rings. The van der Waals surface area contributed by atoms with Gasteiger partial charge in [0.1, 0.15) is 0 Å². The molecule has 7 heteroatoms. The van der Waals surface area contributed by atoms with Gasteiger partial charge >= 0.3 is 0 Å². The molecule has 5 nitrogen and oxygen atoms in total. The lowest BCUT2D eigenvalue weighted by molar-refractivity contribution is 0.151. The number of halogens is 1. The van der Waals surface area contributed by atoms with Crippen LogP contribution in [-0.2, 0) is 14.8 Å². The van der Waals surface area contributed by atoms with Crippen molar-refractivity contribution in [2.45, 2.75) is 11.3 Å². The Morgan fingerprint density at radius 3 is 2.52 bits per heavy atom. The molecule has 1 heterocycles. The Morgan fingerprint density at radius 1 is 1.14 bits per heavy atom. The first-order valence-electron chi connectivity index (χ1n) is 7.01. The summed E-state index contributed by atoms with van der Waals surface area (Å²) in [6.45, 7) is 4.29. The van der Waals surface area contributed by atoms with Crippen LogP contribution in [-0.4, -0.2) is 64.1 Å². The Morgan fingerprint density at radius 2 is 1.86 bits per heavy atom. The number of nitrogens with zero attached hydrogens (tertiary/aromatic N) is 2. The van der Waals surface area contributed by atoms with E-state index in [1.165, 1.54) is 0 Å². The third-order valence-electron chi connectivity index (χ3n) is 3.61. The van der Waals surface area contributed by atoms with E-state index >= 15 is 0 Å². The molecule has 1 saturated heterocycles. The van der Waals surface area contributed by atoms with Gasteiger partial charge in [-0.25, -0.2) is 8.42 Å². The minimum absolute atomic E-state index is 0.357. The van der Waals surface area contributed by atoms with E-state index in [1.54, 1.807) is 35.7 Å². The molecular weight excluding hydrogens is 356 g/mol. The molecule has 0 unspecified atom stereocenters. The quantitative estimate of drug-likeness (QED) is 0.785. The molecule has 0 aromatic heterocycles. The van der Waals surface area contributed by atoms with Gasteiger partial charge in [-0.1, -0.05) is 15.9 Å². The highest BCUT2D eigenvalue weighted by molar-refractivity contribution is 9.10. The second-order valence-electron chi connectivity index (χ2n) is 5.05. The maximum atomic E-state index is 12.6. The van der Waals surface area contributed by atoms with Crippen LogP contribution in [0.25, 0.3) is 0 Å². The lowest BCUT2D eigenvalue weighted by atomic mass is 10.4. The topological polar surface area (TPSA) is 49.9 Å². The van der Waals surface area contributed by atoms with Gasteiger partial charge in [-0.3, -0.25) is 4.90 Å². The Balaban J connectivity index is 2.05. The molecule has 0 saturated carbocycles. The fraction of sp³-hybridized carbons (Fsp3) is 0.571. The van der Waals surface area contributed by atoms with Gasteiger partial charge < -0.3 is 4.74 Å². The Labute approximate surface area is 135 Å². The number of ether oxygens (including phenoxy) is 1. The highest BCUT2D eigenvalue weighted by Gasteiger charge is 2.26. The summed E-state index contributed by atoms with van der Waals surface area (Å²) in [7, 11) is -1.71. The summed E-state index contributed by atoms with van der Waals surface area (Å²) in [5, 5.41) is 0. The Kier molecular flexibility index (Phi) is 6.19. The molecule has 21 heavy (non-hydrogen) atoms. The van der Waals surface area contributed by atoms with Gasteiger partial charge in [-0.15, -0.1) is 0 Å². The van der Waals surface area contributed by atoms with Gasteiger partial charge in [0.25, 0.3) is 0 Å². The summed E-state index contributed by atoms with van der Waals surface area (Å²) in [4.78, 5) is 2.61. The largest absolute Gasteiger partial charge is 0.383 e. The lowest BCUT2D eigenvalue weighted by Gasteiger charge is -2.21. The van der Waals surface area contributed by atoms with Gasteiger partial charge in [-0.2, -0.15) is 4.31 Å². The van der Waals surface area contributed by atoms with Crippen molar-refractivity contribution in [2.24, 2.45) is 0 Å². The smallest absolute Gasteiger partial charge is 0.243 e. The van der Waals surface area contributed by atoms with E-state index in [0.717, 1.165) is 30.5 Å². The number of benzene rings is 1. The van der Waals surface area contributed by atoms with Crippen molar-refractivity contribution in [3.63, 3.8) is 0 Å². The molecule has 0 bridgehead atoms. The molecule has 0 radical (unpaired) electrons. The van der Waals surface area contributed by atoms with E-state index in [0.29, 0.717) is 24.6 Å². The molecule has 1 aliphatic heterocycles. The summed E-state index contributed by atoms with van der Waals surface area (Å²) in [5.74, 6) is 0. The molecule has 0 spiro atoms. The van der Waals surface area contributed by atoms with E-state index in [-0.39, 0.29) is 0 Å². The van der Waals surface area contributed by atoms with Gasteiger partial charge in [0.15, 0.2) is 0 Å². The van der Waals surface area contributed by atoms with Crippen LogP contribution >= 0.6 is 15.9 Å². The van der Waals surface area contributed by atoms with Crippen LogP contribution < -0.4 is 0 Å². The molecular formula is C14H21BrN2O3S. The molecule has 1 aromatic carbocycles. The standard InChI is InChI=1S/C14H21BrN2O3S/c1-20-12-11-16-7-2-8-17(10-9-16)21(18,19)14-5-3-13(15)4-6-14/h3-6H,2,7-12H2,1H3. The lowest BCUT2D eigenvalue weighted by Crippen LogP contribution is -2.36. The predicted molar refractivity (Wildman–Crippen MR) is 85.8 cm³/mol. The number of sulfonamides is 1. The fourth-order valence-corrected chi connectivity index (χ4v) is 4.12. The van der Waals surface area contributed by atoms with Crippen LogP contribution in [0.4, 0.5) is 0 Å². The van der Waals surface area contributed by atoms with Gasteiger partial charge in [0.05, 0.1) is 11.5 Å². The first-order chi connectivity index (χ1) is 10.0. The van der Waals surface area contributed by atoms with Crippen LogP contribution in [0.5, 0.6) is 0 Å². The number of rotatable bonds is 5. The molecule has 118 valence electrons.